The fourth-order valence-electron chi connectivity index (χ4n) is 2.87. The summed E-state index contributed by atoms with van der Waals surface area (Å²) in [6.45, 7) is 1.97. The van der Waals surface area contributed by atoms with Crippen LogP contribution >= 0.6 is 11.6 Å². The predicted octanol–water partition coefficient (Wildman–Crippen LogP) is 5.50. The van der Waals surface area contributed by atoms with E-state index < -0.39 is 0 Å². The molecule has 0 saturated carbocycles. The van der Waals surface area contributed by atoms with E-state index in [-0.39, 0.29) is 5.91 Å². The SMILES string of the molecule is Cc1ccc(Nc2cc(C(=O)Nc3cncc(-c4ccccc4Cl)c3)ccn2)nc1. The number of anilines is 3. The van der Waals surface area contributed by atoms with Crippen molar-refractivity contribution in [2.75, 3.05) is 10.6 Å². The first-order valence-corrected chi connectivity index (χ1v) is 9.63. The Hall–Kier alpha value is -3.77. The van der Waals surface area contributed by atoms with Gasteiger partial charge in [0.15, 0.2) is 0 Å². The van der Waals surface area contributed by atoms with Crippen LogP contribution in [0.5, 0.6) is 0 Å². The van der Waals surface area contributed by atoms with Crippen molar-refractivity contribution in [3.8, 4) is 11.1 Å². The molecule has 7 heteroatoms. The number of halogens is 1. The molecule has 3 heterocycles. The molecule has 4 aromatic rings. The van der Waals surface area contributed by atoms with E-state index in [1.54, 1.807) is 36.9 Å². The van der Waals surface area contributed by atoms with E-state index in [0.29, 0.717) is 27.9 Å². The number of nitrogens with one attached hydrogen (secondary N) is 2. The topological polar surface area (TPSA) is 79.8 Å². The maximum absolute atomic E-state index is 12.7. The number of carbonyl (C=O) groups is 1. The zero-order valence-corrected chi connectivity index (χ0v) is 16.9. The van der Waals surface area contributed by atoms with Crippen LogP contribution in [0.1, 0.15) is 15.9 Å². The van der Waals surface area contributed by atoms with Crippen LogP contribution in [0.15, 0.2) is 79.4 Å². The molecule has 0 bridgehead atoms. The van der Waals surface area contributed by atoms with Crippen LogP contribution in [0.3, 0.4) is 0 Å². The fraction of sp³-hybridized carbons (Fsp3) is 0.0435. The molecule has 0 spiro atoms. The number of nitrogens with zero attached hydrogens (tertiary/aromatic N) is 3. The number of benzene rings is 1. The lowest BCUT2D eigenvalue weighted by molar-refractivity contribution is 0.102. The molecule has 30 heavy (non-hydrogen) atoms. The van der Waals surface area contributed by atoms with Gasteiger partial charge in [0.05, 0.1) is 11.9 Å². The molecule has 148 valence electrons. The quantitative estimate of drug-likeness (QED) is 0.450. The van der Waals surface area contributed by atoms with Gasteiger partial charge in [-0.1, -0.05) is 35.9 Å². The molecule has 0 radical (unpaired) electrons. The van der Waals surface area contributed by atoms with Gasteiger partial charge < -0.3 is 10.6 Å². The molecular formula is C23H18ClN5O. The summed E-state index contributed by atoms with van der Waals surface area (Å²) in [5.41, 5.74) is 3.77. The molecule has 0 aliphatic rings. The molecule has 0 saturated heterocycles. The molecule has 2 N–H and O–H groups in total. The largest absolute Gasteiger partial charge is 0.325 e. The molecule has 1 aromatic carbocycles. The number of hydrogen-bond acceptors (Lipinski definition) is 5. The molecule has 3 aromatic heterocycles. The summed E-state index contributed by atoms with van der Waals surface area (Å²) in [5, 5.41) is 6.59. The van der Waals surface area contributed by atoms with Crippen molar-refractivity contribution in [2.24, 2.45) is 0 Å². The van der Waals surface area contributed by atoms with Crippen molar-refractivity contribution in [1.29, 1.82) is 0 Å². The Kier molecular flexibility index (Phi) is 5.68. The summed E-state index contributed by atoms with van der Waals surface area (Å²) in [7, 11) is 0. The highest BCUT2D eigenvalue weighted by atomic mass is 35.5. The van der Waals surface area contributed by atoms with Gasteiger partial charge in [0.2, 0.25) is 0 Å². The number of amides is 1. The normalized spacial score (nSPS) is 10.5. The van der Waals surface area contributed by atoms with E-state index in [1.807, 2.05) is 49.4 Å². The van der Waals surface area contributed by atoms with Crippen LogP contribution in [0.2, 0.25) is 5.02 Å². The number of pyridine rings is 3. The molecular weight excluding hydrogens is 398 g/mol. The van der Waals surface area contributed by atoms with Crippen molar-refractivity contribution in [3.63, 3.8) is 0 Å². The Morgan fingerprint density at radius 2 is 1.80 bits per heavy atom. The number of aromatic nitrogens is 3. The maximum atomic E-state index is 12.7. The first-order valence-electron chi connectivity index (χ1n) is 9.25. The summed E-state index contributed by atoms with van der Waals surface area (Å²) in [6, 6.07) is 16.5. The van der Waals surface area contributed by atoms with Crippen LogP contribution in [-0.4, -0.2) is 20.9 Å². The van der Waals surface area contributed by atoms with Crippen LogP contribution in [0, 0.1) is 6.92 Å². The van der Waals surface area contributed by atoms with Gasteiger partial charge in [-0.15, -0.1) is 0 Å². The Morgan fingerprint density at radius 1 is 0.933 bits per heavy atom. The van der Waals surface area contributed by atoms with Gasteiger partial charge in [0.1, 0.15) is 11.6 Å². The first-order chi connectivity index (χ1) is 14.6. The Morgan fingerprint density at radius 3 is 2.60 bits per heavy atom. The van der Waals surface area contributed by atoms with Crippen LogP contribution in [-0.2, 0) is 0 Å². The average Bonchev–Trinajstić information content (AvgIpc) is 2.76. The minimum atomic E-state index is -0.268. The van der Waals surface area contributed by atoms with Gasteiger partial charge in [-0.2, -0.15) is 0 Å². The molecule has 6 nitrogen and oxygen atoms in total. The van der Waals surface area contributed by atoms with E-state index in [2.05, 4.69) is 25.6 Å². The number of hydrogen-bond donors (Lipinski definition) is 2. The zero-order valence-electron chi connectivity index (χ0n) is 16.1. The van der Waals surface area contributed by atoms with Gasteiger partial charge in [-0.3, -0.25) is 9.78 Å². The lowest BCUT2D eigenvalue weighted by Gasteiger charge is -2.09. The first kappa shape index (κ1) is 19.5. The maximum Gasteiger partial charge on any atom is 0.255 e. The second-order valence-corrected chi connectivity index (χ2v) is 7.08. The van der Waals surface area contributed by atoms with E-state index in [9.17, 15) is 4.79 Å². The van der Waals surface area contributed by atoms with E-state index in [0.717, 1.165) is 16.7 Å². The van der Waals surface area contributed by atoms with E-state index in [1.165, 1.54) is 0 Å². The minimum Gasteiger partial charge on any atom is -0.325 e. The Balaban J connectivity index is 1.51. The van der Waals surface area contributed by atoms with Crippen molar-refractivity contribution in [2.45, 2.75) is 6.92 Å². The van der Waals surface area contributed by atoms with Crippen LogP contribution < -0.4 is 10.6 Å². The summed E-state index contributed by atoms with van der Waals surface area (Å²) in [4.78, 5) is 25.5. The summed E-state index contributed by atoms with van der Waals surface area (Å²) >= 11 is 6.27. The number of carbonyl (C=O) groups excluding carboxylic acids is 1. The van der Waals surface area contributed by atoms with Crippen LogP contribution in [0.4, 0.5) is 17.3 Å². The lowest BCUT2D eigenvalue weighted by Crippen LogP contribution is -2.12. The molecule has 4 rings (SSSR count). The number of rotatable bonds is 5. The summed E-state index contributed by atoms with van der Waals surface area (Å²) in [6.07, 6.45) is 6.64. The highest BCUT2D eigenvalue weighted by Gasteiger charge is 2.10. The standard InChI is InChI=1S/C23H18ClN5O/c1-15-6-7-21(27-12-15)29-22-11-16(8-9-26-22)23(30)28-18-10-17(13-25-14-18)19-4-2-3-5-20(19)24/h2-14H,1H3,(H,28,30)(H,26,27,29). The van der Waals surface area contributed by atoms with Crippen LogP contribution in [0.25, 0.3) is 11.1 Å². The second kappa shape index (κ2) is 8.71. The lowest BCUT2D eigenvalue weighted by atomic mass is 10.1. The smallest absolute Gasteiger partial charge is 0.255 e. The van der Waals surface area contributed by atoms with Crippen molar-refractivity contribution in [1.82, 2.24) is 15.0 Å². The average molecular weight is 416 g/mol. The molecule has 0 atom stereocenters. The van der Waals surface area contributed by atoms with Gasteiger partial charge in [-0.25, -0.2) is 9.97 Å². The molecule has 0 unspecified atom stereocenters. The third-order valence-corrected chi connectivity index (χ3v) is 4.70. The van der Waals surface area contributed by atoms with Gasteiger partial charge >= 0.3 is 0 Å². The number of aryl methyl sites for hydroxylation is 1. The summed E-state index contributed by atoms with van der Waals surface area (Å²) < 4.78 is 0. The van der Waals surface area contributed by atoms with Crippen molar-refractivity contribution < 1.29 is 4.79 Å². The third-order valence-electron chi connectivity index (χ3n) is 4.37. The Bertz CT molecular complexity index is 1190. The van der Waals surface area contributed by atoms with E-state index >= 15 is 0 Å². The van der Waals surface area contributed by atoms with Crippen molar-refractivity contribution in [3.05, 3.63) is 95.5 Å². The fourth-order valence-corrected chi connectivity index (χ4v) is 3.11. The molecule has 0 aliphatic heterocycles. The minimum absolute atomic E-state index is 0.268. The zero-order chi connectivity index (χ0) is 20.9. The molecule has 0 fully saturated rings. The van der Waals surface area contributed by atoms with Crippen molar-refractivity contribution >= 4 is 34.8 Å². The van der Waals surface area contributed by atoms with Gasteiger partial charge in [0, 0.05) is 40.3 Å². The predicted molar refractivity (Wildman–Crippen MR) is 119 cm³/mol. The second-order valence-electron chi connectivity index (χ2n) is 6.67. The van der Waals surface area contributed by atoms with Gasteiger partial charge in [0.25, 0.3) is 5.91 Å². The third kappa shape index (κ3) is 4.61. The highest BCUT2D eigenvalue weighted by Crippen LogP contribution is 2.28. The summed E-state index contributed by atoms with van der Waals surface area (Å²) in [5.74, 6) is 0.916. The highest BCUT2D eigenvalue weighted by molar-refractivity contribution is 6.33. The Labute approximate surface area is 179 Å². The van der Waals surface area contributed by atoms with E-state index in [4.69, 9.17) is 11.6 Å². The molecule has 1 amide bonds. The monoisotopic (exact) mass is 415 g/mol. The van der Waals surface area contributed by atoms with Gasteiger partial charge in [-0.05, 0) is 42.8 Å². The molecule has 0 aliphatic carbocycles.